The normalized spacial score (nSPS) is 32.8. The fourth-order valence-corrected chi connectivity index (χ4v) is 6.27. The van der Waals surface area contributed by atoms with Crippen molar-refractivity contribution in [2.45, 2.75) is 89.5 Å². The van der Waals surface area contributed by atoms with Gasteiger partial charge in [-0.25, -0.2) is 4.39 Å². The molecular weight excluding hydrogens is 411 g/mol. The standard InChI is InChI=1S/C25H33FN2O4/c1-16-5-4-6-17(2)28(16)23(30)14-25(24(31)32-3)21-12-11-20(13-22(25)29)27(21)15-18-7-9-19(26)10-8-18/h7-10,16-17,20-21H,4-6,11-15H2,1-3H3/t16-,17-,20-,21+,25+/m1/s1. The summed E-state index contributed by atoms with van der Waals surface area (Å²) in [5.41, 5.74) is -0.573. The first-order chi connectivity index (χ1) is 15.3. The first kappa shape index (κ1) is 22.9. The van der Waals surface area contributed by atoms with Crippen LogP contribution in [-0.4, -0.2) is 58.7 Å². The van der Waals surface area contributed by atoms with E-state index in [1.54, 1.807) is 12.1 Å². The van der Waals surface area contributed by atoms with Crippen LogP contribution in [0.15, 0.2) is 24.3 Å². The van der Waals surface area contributed by atoms with Crippen molar-refractivity contribution in [1.82, 2.24) is 9.80 Å². The zero-order valence-electron chi connectivity index (χ0n) is 19.2. The predicted molar refractivity (Wildman–Crippen MR) is 117 cm³/mol. The minimum absolute atomic E-state index is 0.0262. The number of rotatable bonds is 5. The lowest BCUT2D eigenvalue weighted by Crippen LogP contribution is -2.62. The lowest BCUT2D eigenvalue weighted by Gasteiger charge is -2.47. The number of Topliss-reactive ketones (excluding diaryl/α,β-unsaturated/α-hetero) is 1. The lowest BCUT2D eigenvalue weighted by atomic mass is 9.69. The van der Waals surface area contributed by atoms with Gasteiger partial charge in [0, 0.05) is 37.1 Å². The van der Waals surface area contributed by atoms with Gasteiger partial charge in [-0.15, -0.1) is 0 Å². The molecule has 174 valence electrons. The van der Waals surface area contributed by atoms with E-state index in [1.807, 2.05) is 18.7 Å². The van der Waals surface area contributed by atoms with Crippen LogP contribution < -0.4 is 0 Å². The molecule has 0 spiro atoms. The first-order valence-electron chi connectivity index (χ1n) is 11.7. The molecule has 0 radical (unpaired) electrons. The molecule has 0 N–H and O–H groups in total. The van der Waals surface area contributed by atoms with Gasteiger partial charge in [0.05, 0.1) is 13.5 Å². The molecule has 6 nitrogen and oxygen atoms in total. The van der Waals surface area contributed by atoms with Gasteiger partial charge in [0.25, 0.3) is 0 Å². The summed E-state index contributed by atoms with van der Waals surface area (Å²) >= 11 is 0. The van der Waals surface area contributed by atoms with E-state index in [1.165, 1.54) is 19.2 Å². The molecule has 3 aliphatic heterocycles. The number of methoxy groups -OCH3 is 1. The molecule has 0 aliphatic carbocycles. The highest BCUT2D eigenvalue weighted by atomic mass is 19.1. The van der Waals surface area contributed by atoms with Crippen molar-refractivity contribution in [3.8, 4) is 0 Å². The molecule has 2 bridgehead atoms. The molecule has 3 fully saturated rings. The second-order valence-corrected chi connectivity index (χ2v) is 9.74. The number of piperidine rings is 2. The third-order valence-electron chi connectivity index (χ3n) is 7.87. The molecule has 0 saturated carbocycles. The van der Waals surface area contributed by atoms with Crippen molar-refractivity contribution in [2.24, 2.45) is 5.41 Å². The number of halogens is 1. The molecule has 3 saturated heterocycles. The summed E-state index contributed by atoms with van der Waals surface area (Å²) in [7, 11) is 1.29. The summed E-state index contributed by atoms with van der Waals surface area (Å²) in [5, 5.41) is 0. The fourth-order valence-electron chi connectivity index (χ4n) is 6.27. The van der Waals surface area contributed by atoms with Gasteiger partial charge in [-0.1, -0.05) is 12.1 Å². The van der Waals surface area contributed by atoms with E-state index in [0.29, 0.717) is 13.0 Å². The van der Waals surface area contributed by atoms with E-state index in [9.17, 15) is 18.8 Å². The van der Waals surface area contributed by atoms with Gasteiger partial charge in [-0.2, -0.15) is 0 Å². The number of fused-ring (bicyclic) bond motifs is 2. The fraction of sp³-hybridized carbons (Fsp3) is 0.640. The Morgan fingerprint density at radius 3 is 2.38 bits per heavy atom. The summed E-state index contributed by atoms with van der Waals surface area (Å²) in [6, 6.07) is 6.10. The van der Waals surface area contributed by atoms with Crippen molar-refractivity contribution in [3.63, 3.8) is 0 Å². The zero-order chi connectivity index (χ0) is 23.0. The average molecular weight is 445 g/mol. The number of esters is 1. The second kappa shape index (κ2) is 8.93. The van der Waals surface area contributed by atoms with Crippen LogP contribution in [0.1, 0.15) is 64.4 Å². The molecule has 3 aliphatic rings. The molecule has 1 aromatic carbocycles. The van der Waals surface area contributed by atoms with Crippen LogP contribution in [0.3, 0.4) is 0 Å². The monoisotopic (exact) mass is 444 g/mol. The number of ether oxygens (including phenoxy) is 1. The number of hydrogen-bond donors (Lipinski definition) is 0. The molecule has 7 heteroatoms. The Morgan fingerprint density at radius 2 is 1.75 bits per heavy atom. The van der Waals surface area contributed by atoms with Crippen LogP contribution in [0, 0.1) is 11.2 Å². The van der Waals surface area contributed by atoms with Crippen LogP contribution in [-0.2, 0) is 25.7 Å². The third-order valence-corrected chi connectivity index (χ3v) is 7.87. The van der Waals surface area contributed by atoms with Gasteiger partial charge in [0.2, 0.25) is 5.91 Å². The Hall–Kier alpha value is -2.28. The largest absolute Gasteiger partial charge is 0.468 e. The van der Waals surface area contributed by atoms with E-state index in [0.717, 1.165) is 31.2 Å². The van der Waals surface area contributed by atoms with E-state index < -0.39 is 17.4 Å². The Bertz CT molecular complexity index is 878. The summed E-state index contributed by atoms with van der Waals surface area (Å²) in [4.78, 5) is 44.3. The smallest absolute Gasteiger partial charge is 0.321 e. The quantitative estimate of drug-likeness (QED) is 0.514. The molecule has 0 aromatic heterocycles. The maximum absolute atomic E-state index is 13.5. The summed E-state index contributed by atoms with van der Waals surface area (Å²) in [6.45, 7) is 4.58. The molecule has 5 atom stereocenters. The van der Waals surface area contributed by atoms with Crippen molar-refractivity contribution in [1.29, 1.82) is 0 Å². The first-order valence-corrected chi connectivity index (χ1v) is 11.7. The number of hydrogen-bond acceptors (Lipinski definition) is 5. The van der Waals surface area contributed by atoms with Crippen LogP contribution in [0.4, 0.5) is 4.39 Å². The lowest BCUT2D eigenvalue weighted by molar-refractivity contribution is -0.172. The molecule has 32 heavy (non-hydrogen) atoms. The van der Waals surface area contributed by atoms with E-state index in [4.69, 9.17) is 4.74 Å². The summed E-state index contributed by atoms with van der Waals surface area (Å²) in [6.07, 6.45) is 4.46. The molecule has 1 aromatic rings. The van der Waals surface area contributed by atoms with Crippen LogP contribution >= 0.6 is 0 Å². The molecular formula is C25H33FN2O4. The van der Waals surface area contributed by atoms with E-state index in [2.05, 4.69) is 4.90 Å². The number of amides is 1. The number of carbonyl (C=O) groups is 3. The maximum Gasteiger partial charge on any atom is 0.321 e. The Balaban J connectivity index is 1.66. The van der Waals surface area contributed by atoms with Gasteiger partial charge in [0.15, 0.2) is 11.2 Å². The van der Waals surface area contributed by atoms with Crippen molar-refractivity contribution in [2.75, 3.05) is 7.11 Å². The second-order valence-electron chi connectivity index (χ2n) is 9.74. The van der Waals surface area contributed by atoms with Crippen LogP contribution in [0.25, 0.3) is 0 Å². The number of benzene rings is 1. The Morgan fingerprint density at radius 1 is 1.09 bits per heavy atom. The number of nitrogens with zero attached hydrogens (tertiary/aromatic N) is 2. The van der Waals surface area contributed by atoms with Crippen molar-refractivity contribution < 1.29 is 23.5 Å². The Labute approximate surface area is 189 Å². The number of likely N-dealkylation sites (tertiary alicyclic amines) is 1. The number of ketones is 1. The maximum atomic E-state index is 13.5. The van der Waals surface area contributed by atoms with Crippen molar-refractivity contribution >= 4 is 17.7 Å². The van der Waals surface area contributed by atoms with Crippen molar-refractivity contribution in [3.05, 3.63) is 35.6 Å². The summed E-state index contributed by atoms with van der Waals surface area (Å²) < 4.78 is 18.5. The highest BCUT2D eigenvalue weighted by Crippen LogP contribution is 2.48. The van der Waals surface area contributed by atoms with Gasteiger partial charge in [-0.3, -0.25) is 19.3 Å². The molecule has 0 unspecified atom stereocenters. The SMILES string of the molecule is COC(=O)[C@]1(CC(=O)N2[C@H](C)CCC[C@H]2C)C(=O)C[C@H]2CC[C@@H]1N2Cc1ccc(F)cc1. The zero-order valence-corrected chi connectivity index (χ0v) is 19.2. The number of carbonyl (C=O) groups excluding carboxylic acids is 3. The van der Waals surface area contributed by atoms with Crippen LogP contribution in [0.5, 0.6) is 0 Å². The highest BCUT2D eigenvalue weighted by Gasteiger charge is 2.62. The molecule has 3 heterocycles. The Kier molecular flexibility index (Phi) is 6.39. The van der Waals surface area contributed by atoms with E-state index in [-0.39, 0.29) is 48.5 Å². The minimum atomic E-state index is -1.49. The van der Waals surface area contributed by atoms with Gasteiger partial charge < -0.3 is 9.64 Å². The predicted octanol–water partition coefficient (Wildman–Crippen LogP) is 3.47. The minimum Gasteiger partial charge on any atom is -0.468 e. The van der Waals surface area contributed by atoms with Gasteiger partial charge in [-0.05, 0) is 63.6 Å². The molecule has 1 amide bonds. The summed E-state index contributed by atoms with van der Waals surface area (Å²) in [5.74, 6) is -1.24. The topological polar surface area (TPSA) is 66.9 Å². The van der Waals surface area contributed by atoms with E-state index >= 15 is 0 Å². The van der Waals surface area contributed by atoms with Crippen LogP contribution in [0.2, 0.25) is 0 Å². The molecule has 4 rings (SSSR count). The third kappa shape index (κ3) is 3.85. The average Bonchev–Trinajstić information content (AvgIpc) is 3.07. The highest BCUT2D eigenvalue weighted by molar-refractivity contribution is 6.08. The van der Waals surface area contributed by atoms with Gasteiger partial charge in [0.1, 0.15) is 5.82 Å². The van der Waals surface area contributed by atoms with Gasteiger partial charge >= 0.3 is 5.97 Å².